The summed E-state index contributed by atoms with van der Waals surface area (Å²) in [6.45, 7) is -0.704. The third-order valence-electron chi connectivity index (χ3n) is 3.37. The van der Waals surface area contributed by atoms with E-state index in [0.29, 0.717) is 0 Å². The van der Waals surface area contributed by atoms with Crippen molar-refractivity contribution < 1.29 is 23.9 Å². The lowest BCUT2D eigenvalue weighted by molar-refractivity contribution is -0.119. The van der Waals surface area contributed by atoms with E-state index in [1.165, 1.54) is 30.3 Å². The highest BCUT2D eigenvalue weighted by molar-refractivity contribution is 6.46. The average molecular weight is 445 g/mol. The van der Waals surface area contributed by atoms with Crippen LogP contribution in [0.2, 0.25) is 15.1 Å². The standard InChI is InChI=1S/C17H12Cl3N3O5/c18-10-1-2-11(19)14(20)13(10)17(27)28-6-12(24)23-9-4-7(15(21)25)3-8(5-9)16(22)26/h1-5H,6H2,(H2,21,25)(H2,22,26)(H,23,24). The Morgan fingerprint density at radius 2 is 1.43 bits per heavy atom. The molecule has 0 heterocycles. The maximum Gasteiger partial charge on any atom is 0.341 e. The fourth-order valence-corrected chi connectivity index (χ4v) is 2.78. The van der Waals surface area contributed by atoms with Crippen LogP contribution in [0, 0.1) is 0 Å². The van der Waals surface area contributed by atoms with Crippen LogP contribution in [0.1, 0.15) is 31.1 Å². The zero-order valence-electron chi connectivity index (χ0n) is 13.9. The van der Waals surface area contributed by atoms with Crippen LogP contribution < -0.4 is 16.8 Å². The van der Waals surface area contributed by atoms with Crippen molar-refractivity contribution in [2.45, 2.75) is 0 Å². The smallest absolute Gasteiger partial charge is 0.341 e. The first-order valence-corrected chi connectivity index (χ1v) is 8.58. The minimum Gasteiger partial charge on any atom is -0.452 e. The zero-order valence-corrected chi connectivity index (χ0v) is 16.2. The molecule has 0 aliphatic rings. The number of primary amides is 2. The first-order chi connectivity index (χ1) is 13.1. The van der Waals surface area contributed by atoms with Crippen molar-refractivity contribution in [2.75, 3.05) is 11.9 Å². The maximum absolute atomic E-state index is 12.1. The number of nitrogens with two attached hydrogens (primary N) is 2. The Morgan fingerprint density at radius 3 is 1.96 bits per heavy atom. The highest BCUT2D eigenvalue weighted by Gasteiger charge is 2.20. The highest BCUT2D eigenvalue weighted by atomic mass is 35.5. The van der Waals surface area contributed by atoms with Crippen LogP contribution in [0.25, 0.3) is 0 Å². The molecule has 0 atom stereocenters. The van der Waals surface area contributed by atoms with E-state index in [0.717, 1.165) is 0 Å². The molecule has 3 amide bonds. The summed E-state index contributed by atoms with van der Waals surface area (Å²) in [5, 5.41) is 2.33. The number of carbonyl (C=O) groups excluding carboxylic acids is 4. The fraction of sp³-hybridized carbons (Fsp3) is 0.0588. The van der Waals surface area contributed by atoms with Crippen LogP contribution in [0.15, 0.2) is 30.3 Å². The summed E-state index contributed by atoms with van der Waals surface area (Å²) in [5.74, 6) is -3.37. The van der Waals surface area contributed by atoms with Gasteiger partial charge in [-0.3, -0.25) is 14.4 Å². The summed E-state index contributed by atoms with van der Waals surface area (Å²) in [5.41, 5.74) is 10.1. The Bertz CT molecular complexity index is 962. The van der Waals surface area contributed by atoms with Crippen molar-refractivity contribution in [3.63, 3.8) is 0 Å². The van der Waals surface area contributed by atoms with E-state index in [1.807, 2.05) is 0 Å². The van der Waals surface area contributed by atoms with Crippen LogP contribution in [0.4, 0.5) is 5.69 Å². The fourth-order valence-electron chi connectivity index (χ4n) is 2.10. The van der Waals surface area contributed by atoms with Gasteiger partial charge in [0.1, 0.15) is 0 Å². The number of amides is 3. The lowest BCUT2D eigenvalue weighted by Gasteiger charge is -2.10. The topological polar surface area (TPSA) is 142 Å². The predicted octanol–water partition coefficient (Wildman–Crippen LogP) is 2.64. The Labute approximate surface area is 173 Å². The molecular weight excluding hydrogens is 433 g/mol. The molecule has 5 N–H and O–H groups in total. The molecule has 0 saturated heterocycles. The van der Waals surface area contributed by atoms with Gasteiger partial charge in [-0.25, -0.2) is 4.79 Å². The van der Waals surface area contributed by atoms with Gasteiger partial charge in [0.2, 0.25) is 11.8 Å². The summed E-state index contributed by atoms with van der Waals surface area (Å²) in [6, 6.07) is 6.41. The maximum atomic E-state index is 12.1. The van der Waals surface area contributed by atoms with Crippen LogP contribution in [0.5, 0.6) is 0 Å². The first-order valence-electron chi connectivity index (χ1n) is 7.45. The van der Waals surface area contributed by atoms with E-state index < -0.39 is 30.3 Å². The molecule has 0 aromatic heterocycles. The van der Waals surface area contributed by atoms with Gasteiger partial charge in [0.25, 0.3) is 5.91 Å². The summed E-state index contributed by atoms with van der Waals surface area (Å²) in [6.07, 6.45) is 0. The van der Waals surface area contributed by atoms with Crippen LogP contribution in [0.3, 0.4) is 0 Å². The van der Waals surface area contributed by atoms with Crippen molar-refractivity contribution in [3.8, 4) is 0 Å². The number of halogens is 3. The SMILES string of the molecule is NC(=O)c1cc(NC(=O)COC(=O)c2c(Cl)ccc(Cl)c2Cl)cc(C(N)=O)c1. The van der Waals surface area contributed by atoms with Gasteiger partial charge in [0.15, 0.2) is 6.61 Å². The molecule has 0 saturated carbocycles. The van der Waals surface area contributed by atoms with E-state index in [4.69, 9.17) is 51.0 Å². The van der Waals surface area contributed by atoms with Crippen LogP contribution in [-0.4, -0.2) is 30.3 Å². The molecule has 2 aromatic rings. The zero-order chi connectivity index (χ0) is 21.0. The molecular formula is C17H12Cl3N3O5. The van der Waals surface area contributed by atoms with Gasteiger partial charge in [0, 0.05) is 16.8 Å². The van der Waals surface area contributed by atoms with Crippen LogP contribution in [-0.2, 0) is 9.53 Å². The number of hydrogen-bond donors (Lipinski definition) is 3. The Hall–Kier alpha value is -2.81. The normalized spacial score (nSPS) is 10.2. The second-order valence-corrected chi connectivity index (χ2v) is 6.56. The molecule has 8 nitrogen and oxygen atoms in total. The number of hydrogen-bond acceptors (Lipinski definition) is 5. The largest absolute Gasteiger partial charge is 0.452 e. The van der Waals surface area contributed by atoms with Gasteiger partial charge in [-0.1, -0.05) is 34.8 Å². The lowest BCUT2D eigenvalue weighted by atomic mass is 10.1. The van der Waals surface area contributed by atoms with Crippen molar-refractivity contribution >= 4 is 64.2 Å². The molecule has 0 aliphatic carbocycles. The number of rotatable bonds is 6. The molecule has 11 heteroatoms. The van der Waals surface area contributed by atoms with Crippen molar-refractivity contribution in [3.05, 3.63) is 62.1 Å². The van der Waals surface area contributed by atoms with Crippen molar-refractivity contribution in [1.82, 2.24) is 0 Å². The molecule has 0 radical (unpaired) electrons. The number of esters is 1. The summed E-state index contributed by atoms with van der Waals surface area (Å²) in [4.78, 5) is 46.8. The summed E-state index contributed by atoms with van der Waals surface area (Å²) in [7, 11) is 0. The molecule has 146 valence electrons. The van der Waals surface area contributed by atoms with Crippen molar-refractivity contribution in [2.24, 2.45) is 11.5 Å². The Morgan fingerprint density at radius 1 is 0.893 bits per heavy atom. The lowest BCUT2D eigenvalue weighted by Crippen LogP contribution is -2.22. The number of carbonyl (C=O) groups is 4. The third-order valence-corrected chi connectivity index (χ3v) is 4.49. The number of anilines is 1. The highest BCUT2D eigenvalue weighted by Crippen LogP contribution is 2.31. The predicted molar refractivity (Wildman–Crippen MR) is 104 cm³/mol. The van der Waals surface area contributed by atoms with Gasteiger partial charge < -0.3 is 21.5 Å². The monoisotopic (exact) mass is 443 g/mol. The quantitative estimate of drug-likeness (QED) is 0.464. The van der Waals surface area contributed by atoms with E-state index in [1.54, 1.807) is 0 Å². The van der Waals surface area contributed by atoms with E-state index in [9.17, 15) is 19.2 Å². The molecule has 0 bridgehead atoms. The molecule has 2 aromatic carbocycles. The van der Waals surface area contributed by atoms with Crippen molar-refractivity contribution in [1.29, 1.82) is 0 Å². The number of benzene rings is 2. The van der Waals surface area contributed by atoms with Gasteiger partial charge in [0.05, 0.1) is 20.6 Å². The Kier molecular flexibility index (Phi) is 6.85. The molecule has 0 unspecified atom stereocenters. The van der Waals surface area contributed by atoms with E-state index >= 15 is 0 Å². The van der Waals surface area contributed by atoms with E-state index in [-0.39, 0.29) is 37.4 Å². The van der Waals surface area contributed by atoms with Gasteiger partial charge in [-0.2, -0.15) is 0 Å². The van der Waals surface area contributed by atoms with Gasteiger partial charge >= 0.3 is 5.97 Å². The third kappa shape index (κ3) is 5.13. The number of nitrogens with one attached hydrogen (secondary N) is 1. The second kappa shape index (κ2) is 8.92. The molecule has 2 rings (SSSR count). The molecule has 0 spiro atoms. The first kappa shape index (κ1) is 21.5. The molecule has 0 aliphatic heterocycles. The van der Waals surface area contributed by atoms with E-state index in [2.05, 4.69) is 5.32 Å². The van der Waals surface area contributed by atoms with Crippen LogP contribution >= 0.6 is 34.8 Å². The van der Waals surface area contributed by atoms with Gasteiger partial charge in [-0.05, 0) is 30.3 Å². The second-order valence-electron chi connectivity index (χ2n) is 5.37. The average Bonchev–Trinajstić information content (AvgIpc) is 2.63. The molecule has 0 fully saturated rings. The van der Waals surface area contributed by atoms with Gasteiger partial charge in [-0.15, -0.1) is 0 Å². The number of ether oxygens (including phenoxy) is 1. The summed E-state index contributed by atoms with van der Waals surface area (Å²) >= 11 is 17.7. The minimum atomic E-state index is -0.962. The Balaban J connectivity index is 2.11. The molecule has 28 heavy (non-hydrogen) atoms. The minimum absolute atomic E-state index is 0.0000625. The summed E-state index contributed by atoms with van der Waals surface area (Å²) < 4.78 is 4.87.